The molecule has 4 rings (SSSR count). The van der Waals surface area contributed by atoms with E-state index in [1.165, 1.54) is 5.56 Å². The fourth-order valence-corrected chi connectivity index (χ4v) is 3.67. The lowest BCUT2D eigenvalue weighted by Crippen LogP contribution is -2.43. The first kappa shape index (κ1) is 20.0. The van der Waals surface area contributed by atoms with Crippen LogP contribution in [0.2, 0.25) is 0 Å². The molecule has 5 heteroatoms. The van der Waals surface area contributed by atoms with Gasteiger partial charge in [0.05, 0.1) is 12.2 Å². The number of nitrogens with one attached hydrogen (secondary N) is 1. The van der Waals surface area contributed by atoms with Crippen LogP contribution in [0, 0.1) is 0 Å². The van der Waals surface area contributed by atoms with Gasteiger partial charge in [0.25, 0.3) is 5.91 Å². The van der Waals surface area contributed by atoms with Crippen LogP contribution < -0.4 is 10.1 Å². The number of methoxy groups -OCH3 is 1. The van der Waals surface area contributed by atoms with E-state index in [1.807, 2.05) is 71.6 Å². The molecule has 5 nitrogen and oxygen atoms in total. The highest BCUT2D eigenvalue weighted by molar-refractivity contribution is 6.01. The molecular weight excluding hydrogens is 376 g/mol. The number of hydrogen-bond donors (Lipinski definition) is 1. The quantitative estimate of drug-likeness (QED) is 0.563. The number of nitrogens with zero attached hydrogens (tertiary/aromatic N) is 1. The van der Waals surface area contributed by atoms with Gasteiger partial charge in [-0.15, -0.1) is 0 Å². The summed E-state index contributed by atoms with van der Waals surface area (Å²) in [7, 11) is 1.65. The highest BCUT2D eigenvalue weighted by Gasteiger charge is 2.32. The Bertz CT molecular complexity index is 973. The lowest BCUT2D eigenvalue weighted by Gasteiger charge is -2.38. The van der Waals surface area contributed by atoms with E-state index in [-0.39, 0.29) is 12.1 Å². The molecule has 1 amide bonds. The van der Waals surface area contributed by atoms with Crippen molar-refractivity contribution in [3.8, 4) is 5.75 Å². The number of anilines is 1. The van der Waals surface area contributed by atoms with Crippen LogP contribution in [-0.4, -0.2) is 37.7 Å². The molecule has 3 aromatic rings. The third-order valence-corrected chi connectivity index (χ3v) is 5.26. The van der Waals surface area contributed by atoms with E-state index in [0.29, 0.717) is 25.3 Å². The predicted octanol–water partition coefficient (Wildman–Crippen LogP) is 4.52. The summed E-state index contributed by atoms with van der Waals surface area (Å²) >= 11 is 0. The molecule has 3 aromatic carbocycles. The van der Waals surface area contributed by atoms with E-state index in [1.54, 1.807) is 7.11 Å². The molecule has 1 unspecified atom stereocenters. The van der Waals surface area contributed by atoms with Crippen LogP contribution in [0.4, 0.5) is 5.69 Å². The van der Waals surface area contributed by atoms with Crippen molar-refractivity contribution in [1.29, 1.82) is 0 Å². The molecule has 0 radical (unpaired) electrons. The largest absolute Gasteiger partial charge is 0.491 e. The van der Waals surface area contributed by atoms with Crippen molar-refractivity contribution in [3.05, 3.63) is 95.6 Å². The molecule has 0 spiro atoms. The second-order valence-corrected chi connectivity index (χ2v) is 7.24. The normalized spacial score (nSPS) is 15.4. The van der Waals surface area contributed by atoms with Gasteiger partial charge in [-0.1, -0.05) is 54.6 Å². The first-order valence-electron chi connectivity index (χ1n) is 10.2. The Balaban J connectivity index is 1.57. The second kappa shape index (κ2) is 9.46. The van der Waals surface area contributed by atoms with Gasteiger partial charge >= 0.3 is 0 Å². The summed E-state index contributed by atoms with van der Waals surface area (Å²) in [6, 6.07) is 25.8. The average molecular weight is 402 g/mol. The van der Waals surface area contributed by atoms with Crippen molar-refractivity contribution < 1.29 is 14.3 Å². The zero-order valence-corrected chi connectivity index (χ0v) is 17.1. The van der Waals surface area contributed by atoms with Gasteiger partial charge in [-0.05, 0) is 41.8 Å². The number of benzene rings is 3. The van der Waals surface area contributed by atoms with E-state index < -0.39 is 0 Å². The van der Waals surface area contributed by atoms with Crippen LogP contribution in [-0.2, 0) is 11.2 Å². The number of carbonyl (C=O) groups excluding carboxylic acids is 1. The topological polar surface area (TPSA) is 50.8 Å². The van der Waals surface area contributed by atoms with Crippen molar-refractivity contribution in [3.63, 3.8) is 0 Å². The highest BCUT2D eigenvalue weighted by atomic mass is 16.5. The van der Waals surface area contributed by atoms with Gasteiger partial charge in [0.2, 0.25) is 0 Å². The number of para-hydroxylation sites is 1. The molecule has 0 saturated carbocycles. The second-order valence-electron chi connectivity index (χ2n) is 7.24. The summed E-state index contributed by atoms with van der Waals surface area (Å²) in [6.45, 7) is 1.68. The van der Waals surface area contributed by atoms with Crippen LogP contribution in [0.1, 0.15) is 27.7 Å². The highest BCUT2D eigenvalue weighted by Crippen LogP contribution is 2.33. The Morgan fingerprint density at radius 3 is 2.40 bits per heavy atom. The van der Waals surface area contributed by atoms with Gasteiger partial charge in [-0.3, -0.25) is 4.79 Å². The fraction of sp³-hybridized carbons (Fsp3) is 0.240. The molecule has 1 heterocycles. The van der Waals surface area contributed by atoms with Crippen LogP contribution >= 0.6 is 0 Å². The van der Waals surface area contributed by atoms with E-state index in [4.69, 9.17) is 9.47 Å². The maximum absolute atomic E-state index is 13.3. The van der Waals surface area contributed by atoms with Crippen molar-refractivity contribution in [2.75, 3.05) is 32.2 Å². The van der Waals surface area contributed by atoms with Crippen LogP contribution in [0.5, 0.6) is 5.75 Å². The lowest BCUT2D eigenvalue weighted by molar-refractivity contribution is 0.0685. The lowest BCUT2D eigenvalue weighted by atomic mass is 10.0. The summed E-state index contributed by atoms with van der Waals surface area (Å²) in [5.74, 6) is 0.833. The molecule has 1 aliphatic heterocycles. The van der Waals surface area contributed by atoms with Gasteiger partial charge < -0.3 is 19.7 Å². The monoisotopic (exact) mass is 402 g/mol. The number of carbonyl (C=O) groups is 1. The van der Waals surface area contributed by atoms with Crippen molar-refractivity contribution in [2.24, 2.45) is 0 Å². The number of hydrogen-bond acceptors (Lipinski definition) is 4. The first-order valence-corrected chi connectivity index (χ1v) is 10.2. The SMILES string of the molecule is COCCOc1ccc(C2Nc3ccccc3C(=O)N2CCc2ccccc2)cc1. The average Bonchev–Trinajstić information content (AvgIpc) is 2.80. The number of rotatable bonds is 8. The van der Waals surface area contributed by atoms with Crippen LogP contribution in [0.3, 0.4) is 0 Å². The molecule has 154 valence electrons. The number of ether oxygens (including phenoxy) is 2. The number of amides is 1. The third-order valence-electron chi connectivity index (χ3n) is 5.26. The van der Waals surface area contributed by atoms with Crippen LogP contribution in [0.15, 0.2) is 78.9 Å². The minimum absolute atomic E-state index is 0.0469. The standard InChI is InChI=1S/C25H26N2O3/c1-29-17-18-30-21-13-11-20(12-14-21)24-26-23-10-6-5-9-22(23)25(28)27(24)16-15-19-7-3-2-4-8-19/h2-14,24,26H,15-18H2,1H3. The maximum Gasteiger partial charge on any atom is 0.257 e. The molecule has 30 heavy (non-hydrogen) atoms. The van der Waals surface area contributed by atoms with E-state index in [9.17, 15) is 4.79 Å². The minimum Gasteiger partial charge on any atom is -0.491 e. The smallest absolute Gasteiger partial charge is 0.257 e. The van der Waals surface area contributed by atoms with Gasteiger partial charge in [0.15, 0.2) is 0 Å². The number of fused-ring (bicyclic) bond motifs is 1. The van der Waals surface area contributed by atoms with E-state index >= 15 is 0 Å². The Morgan fingerprint density at radius 2 is 1.63 bits per heavy atom. The summed E-state index contributed by atoms with van der Waals surface area (Å²) < 4.78 is 10.7. The third kappa shape index (κ3) is 4.47. The Kier molecular flexibility index (Phi) is 6.30. The van der Waals surface area contributed by atoms with Crippen molar-refractivity contribution in [2.45, 2.75) is 12.6 Å². The molecule has 0 fully saturated rings. The zero-order valence-electron chi connectivity index (χ0n) is 17.1. The Hall–Kier alpha value is -3.31. The summed E-state index contributed by atoms with van der Waals surface area (Å²) in [5, 5.41) is 3.55. The van der Waals surface area contributed by atoms with Gasteiger partial charge in [-0.2, -0.15) is 0 Å². The molecule has 0 aromatic heterocycles. The Labute approximate surface area is 177 Å². The molecule has 1 aliphatic rings. The molecule has 1 N–H and O–H groups in total. The van der Waals surface area contributed by atoms with Gasteiger partial charge in [0.1, 0.15) is 18.5 Å². The summed E-state index contributed by atoms with van der Waals surface area (Å²) in [5.41, 5.74) is 3.81. The molecule has 0 bridgehead atoms. The summed E-state index contributed by atoms with van der Waals surface area (Å²) in [6.07, 6.45) is 0.564. The molecule has 0 saturated heterocycles. The Morgan fingerprint density at radius 1 is 0.900 bits per heavy atom. The predicted molar refractivity (Wildman–Crippen MR) is 118 cm³/mol. The van der Waals surface area contributed by atoms with Crippen molar-refractivity contribution in [1.82, 2.24) is 4.90 Å². The minimum atomic E-state index is -0.232. The van der Waals surface area contributed by atoms with Gasteiger partial charge in [-0.25, -0.2) is 0 Å². The van der Waals surface area contributed by atoms with Gasteiger partial charge in [0, 0.05) is 19.3 Å². The van der Waals surface area contributed by atoms with E-state index in [2.05, 4.69) is 17.4 Å². The first-order chi connectivity index (χ1) is 14.8. The summed E-state index contributed by atoms with van der Waals surface area (Å²) in [4.78, 5) is 15.2. The van der Waals surface area contributed by atoms with Crippen LogP contribution in [0.25, 0.3) is 0 Å². The van der Waals surface area contributed by atoms with Crippen molar-refractivity contribution >= 4 is 11.6 Å². The van der Waals surface area contributed by atoms with E-state index in [0.717, 1.165) is 23.4 Å². The molecule has 0 aliphatic carbocycles. The molecular formula is C25H26N2O3. The zero-order chi connectivity index (χ0) is 20.8. The fourth-order valence-electron chi connectivity index (χ4n) is 3.67. The molecule has 1 atom stereocenters. The maximum atomic E-state index is 13.3.